The molecule has 0 atom stereocenters. The molecule has 7 nitrogen and oxygen atoms in total. The molecule has 0 saturated heterocycles. The van der Waals surface area contributed by atoms with Gasteiger partial charge in [0.15, 0.2) is 0 Å². The van der Waals surface area contributed by atoms with Crippen molar-refractivity contribution in [3.8, 4) is 0 Å². The van der Waals surface area contributed by atoms with E-state index in [9.17, 15) is 18.0 Å². The van der Waals surface area contributed by atoms with Gasteiger partial charge in [-0.1, -0.05) is 26.0 Å². The molecule has 0 bridgehead atoms. The molecule has 1 amide bonds. The van der Waals surface area contributed by atoms with Crippen LogP contribution in [-0.2, 0) is 19.6 Å². The second-order valence-electron chi connectivity index (χ2n) is 5.48. The molecular weight excluding hydrogens is 320 g/mol. The molecule has 1 N–H and O–H groups in total. The summed E-state index contributed by atoms with van der Waals surface area (Å²) in [6.45, 7) is 3.90. The molecule has 128 valence electrons. The number of rotatable bonds is 7. The third kappa shape index (κ3) is 5.55. The number of esters is 1. The zero-order chi connectivity index (χ0) is 17.6. The first-order chi connectivity index (χ1) is 10.7. The fraction of sp³-hybridized carbons (Fsp3) is 0.467. The average molecular weight is 342 g/mol. The molecule has 23 heavy (non-hydrogen) atoms. The number of methoxy groups -OCH3 is 1. The second-order valence-corrected chi connectivity index (χ2v) is 7.38. The number of anilines is 1. The highest BCUT2D eigenvalue weighted by Crippen LogP contribution is 2.23. The fourth-order valence-corrected chi connectivity index (χ4v) is 2.73. The van der Waals surface area contributed by atoms with Crippen LogP contribution in [0, 0.1) is 5.92 Å². The zero-order valence-corrected chi connectivity index (χ0v) is 14.5. The van der Waals surface area contributed by atoms with Gasteiger partial charge in [0.2, 0.25) is 15.9 Å². The molecule has 0 aromatic heterocycles. The Hall–Kier alpha value is -2.09. The maximum absolute atomic E-state index is 12.1. The lowest BCUT2D eigenvalue weighted by atomic mass is 10.2. The van der Waals surface area contributed by atoms with E-state index in [1.165, 1.54) is 19.2 Å². The van der Waals surface area contributed by atoms with Crippen molar-refractivity contribution < 1.29 is 22.7 Å². The monoisotopic (exact) mass is 342 g/mol. The van der Waals surface area contributed by atoms with Crippen molar-refractivity contribution in [2.24, 2.45) is 5.92 Å². The van der Waals surface area contributed by atoms with Crippen LogP contribution in [0.1, 0.15) is 24.2 Å². The van der Waals surface area contributed by atoms with E-state index < -0.39 is 28.4 Å². The van der Waals surface area contributed by atoms with E-state index in [2.05, 4.69) is 10.1 Å². The minimum atomic E-state index is -3.75. The predicted molar refractivity (Wildman–Crippen MR) is 87.8 cm³/mol. The van der Waals surface area contributed by atoms with Crippen LogP contribution >= 0.6 is 0 Å². The van der Waals surface area contributed by atoms with Crippen molar-refractivity contribution >= 4 is 27.6 Å². The molecule has 0 radical (unpaired) electrons. The van der Waals surface area contributed by atoms with Crippen LogP contribution in [-0.4, -0.2) is 46.7 Å². The Morgan fingerprint density at radius 2 is 1.87 bits per heavy atom. The van der Waals surface area contributed by atoms with Gasteiger partial charge in [0.1, 0.15) is 6.54 Å². The number of carbonyl (C=O) groups excluding carboxylic acids is 2. The maximum atomic E-state index is 12.1. The van der Waals surface area contributed by atoms with Crippen LogP contribution < -0.4 is 9.62 Å². The summed E-state index contributed by atoms with van der Waals surface area (Å²) in [5.41, 5.74) is 0.193. The van der Waals surface area contributed by atoms with Gasteiger partial charge in [-0.2, -0.15) is 0 Å². The SMILES string of the molecule is COC(=O)c1ccccc1N(CC(=O)NCC(C)C)S(C)(=O)=O. The number of benzene rings is 1. The largest absolute Gasteiger partial charge is 0.465 e. The summed E-state index contributed by atoms with van der Waals surface area (Å²) in [6, 6.07) is 6.09. The number of sulfonamides is 1. The van der Waals surface area contributed by atoms with Crippen LogP contribution in [0.5, 0.6) is 0 Å². The highest BCUT2D eigenvalue weighted by Gasteiger charge is 2.25. The number of ether oxygens (including phenoxy) is 1. The first-order valence-corrected chi connectivity index (χ1v) is 8.93. The zero-order valence-electron chi connectivity index (χ0n) is 13.7. The molecule has 1 aromatic rings. The van der Waals surface area contributed by atoms with Gasteiger partial charge in [-0.05, 0) is 18.1 Å². The number of nitrogens with one attached hydrogen (secondary N) is 1. The lowest BCUT2D eigenvalue weighted by Gasteiger charge is -2.23. The van der Waals surface area contributed by atoms with E-state index in [4.69, 9.17) is 0 Å². The summed E-state index contributed by atoms with van der Waals surface area (Å²) in [7, 11) is -2.54. The molecule has 0 aliphatic heterocycles. The Labute approximate surface area is 136 Å². The molecular formula is C15H22N2O5S. The van der Waals surface area contributed by atoms with Crippen LogP contribution in [0.2, 0.25) is 0 Å². The van der Waals surface area contributed by atoms with Crippen molar-refractivity contribution in [2.75, 3.05) is 30.8 Å². The Balaban J connectivity index is 3.15. The Kier molecular flexibility index (Phi) is 6.56. The second kappa shape index (κ2) is 7.96. The average Bonchev–Trinajstić information content (AvgIpc) is 2.48. The quantitative estimate of drug-likeness (QED) is 0.747. The van der Waals surface area contributed by atoms with Gasteiger partial charge in [0, 0.05) is 6.54 Å². The Bertz CT molecular complexity index is 670. The number of hydrogen-bond donors (Lipinski definition) is 1. The van der Waals surface area contributed by atoms with Gasteiger partial charge in [-0.15, -0.1) is 0 Å². The molecule has 0 saturated carbocycles. The number of amides is 1. The van der Waals surface area contributed by atoms with Crippen LogP contribution in [0.25, 0.3) is 0 Å². The molecule has 0 aliphatic rings. The maximum Gasteiger partial charge on any atom is 0.340 e. The molecule has 1 aromatic carbocycles. The van der Waals surface area contributed by atoms with Crippen molar-refractivity contribution in [1.82, 2.24) is 5.32 Å². The number of para-hydroxylation sites is 1. The first-order valence-electron chi connectivity index (χ1n) is 7.08. The fourth-order valence-electron chi connectivity index (χ4n) is 1.86. The molecule has 0 unspecified atom stereocenters. The minimum Gasteiger partial charge on any atom is -0.465 e. The van der Waals surface area contributed by atoms with Crippen molar-refractivity contribution in [3.63, 3.8) is 0 Å². The van der Waals surface area contributed by atoms with Gasteiger partial charge >= 0.3 is 5.97 Å². The topological polar surface area (TPSA) is 92.8 Å². The first kappa shape index (κ1) is 19.0. The molecule has 1 rings (SSSR count). The Morgan fingerprint density at radius 1 is 1.26 bits per heavy atom. The normalized spacial score (nSPS) is 11.2. The Morgan fingerprint density at radius 3 is 2.39 bits per heavy atom. The molecule has 0 aliphatic carbocycles. The number of carbonyl (C=O) groups is 2. The van der Waals surface area contributed by atoms with Gasteiger partial charge in [-0.25, -0.2) is 13.2 Å². The van der Waals surface area contributed by atoms with Gasteiger partial charge < -0.3 is 10.1 Å². The smallest absolute Gasteiger partial charge is 0.340 e. The van der Waals surface area contributed by atoms with Crippen LogP contribution in [0.3, 0.4) is 0 Å². The van der Waals surface area contributed by atoms with Crippen LogP contribution in [0.15, 0.2) is 24.3 Å². The minimum absolute atomic E-state index is 0.0806. The van der Waals surface area contributed by atoms with Gasteiger partial charge in [0.25, 0.3) is 0 Å². The standard InChI is InChI=1S/C15H22N2O5S/c1-11(2)9-16-14(18)10-17(23(4,20)21)13-8-6-5-7-12(13)15(19)22-3/h5-8,11H,9-10H2,1-4H3,(H,16,18). The van der Waals surface area contributed by atoms with E-state index in [0.29, 0.717) is 6.54 Å². The summed E-state index contributed by atoms with van der Waals surface area (Å²) < 4.78 is 29.7. The number of hydrogen-bond acceptors (Lipinski definition) is 5. The number of nitrogens with zero attached hydrogens (tertiary/aromatic N) is 1. The van der Waals surface area contributed by atoms with E-state index in [0.717, 1.165) is 10.6 Å². The van der Waals surface area contributed by atoms with Crippen molar-refractivity contribution in [1.29, 1.82) is 0 Å². The van der Waals surface area contributed by atoms with Crippen molar-refractivity contribution in [3.05, 3.63) is 29.8 Å². The highest BCUT2D eigenvalue weighted by atomic mass is 32.2. The molecule has 8 heteroatoms. The molecule has 0 heterocycles. The van der Waals surface area contributed by atoms with E-state index in [1.54, 1.807) is 12.1 Å². The predicted octanol–water partition coefficient (Wildman–Crippen LogP) is 1.01. The summed E-state index contributed by atoms with van der Waals surface area (Å²) in [5, 5.41) is 2.66. The lowest BCUT2D eigenvalue weighted by Crippen LogP contribution is -2.42. The molecule has 0 spiro atoms. The third-order valence-electron chi connectivity index (χ3n) is 2.97. The summed E-state index contributed by atoms with van der Waals surface area (Å²) in [6.07, 6.45) is 0.983. The van der Waals surface area contributed by atoms with E-state index in [1.807, 2.05) is 13.8 Å². The highest BCUT2D eigenvalue weighted by molar-refractivity contribution is 7.92. The van der Waals surface area contributed by atoms with E-state index >= 15 is 0 Å². The summed E-state index contributed by atoms with van der Waals surface area (Å²) in [4.78, 5) is 23.8. The van der Waals surface area contributed by atoms with Gasteiger partial charge in [-0.3, -0.25) is 9.10 Å². The summed E-state index contributed by atoms with van der Waals surface area (Å²) >= 11 is 0. The van der Waals surface area contributed by atoms with Crippen LogP contribution in [0.4, 0.5) is 5.69 Å². The van der Waals surface area contributed by atoms with Gasteiger partial charge in [0.05, 0.1) is 24.6 Å². The van der Waals surface area contributed by atoms with Crippen molar-refractivity contribution in [2.45, 2.75) is 13.8 Å². The third-order valence-corrected chi connectivity index (χ3v) is 4.10. The lowest BCUT2D eigenvalue weighted by molar-refractivity contribution is -0.119. The molecule has 0 fully saturated rings. The van der Waals surface area contributed by atoms with E-state index in [-0.39, 0.29) is 17.2 Å². The summed E-state index contributed by atoms with van der Waals surface area (Å²) in [5.74, 6) is -0.867.